The van der Waals surface area contributed by atoms with Gasteiger partial charge in [0, 0.05) is 6.54 Å². The van der Waals surface area contributed by atoms with E-state index in [1.54, 1.807) is 10.9 Å². The van der Waals surface area contributed by atoms with Gasteiger partial charge in [0.1, 0.15) is 0 Å². The van der Waals surface area contributed by atoms with E-state index in [0.29, 0.717) is 17.7 Å². The second-order valence-electron chi connectivity index (χ2n) is 9.21. The van der Waals surface area contributed by atoms with Crippen molar-refractivity contribution in [1.29, 1.82) is 0 Å². The fourth-order valence-electron chi connectivity index (χ4n) is 6.38. The van der Waals surface area contributed by atoms with Crippen molar-refractivity contribution in [2.45, 2.75) is 51.5 Å². The third kappa shape index (κ3) is 3.52. The first-order chi connectivity index (χ1) is 13.2. The smallest absolute Gasteiger partial charge is 0.273 e. The molecule has 0 unspecified atom stereocenters. The largest absolute Gasteiger partial charge is 0.351 e. The molecule has 4 aliphatic rings. The molecule has 142 valence electrons. The fourth-order valence-corrected chi connectivity index (χ4v) is 6.38. The molecule has 1 N–H and O–H groups in total. The number of nitrogens with one attached hydrogen (secondary N) is 1. The first kappa shape index (κ1) is 17.0. The predicted octanol–water partition coefficient (Wildman–Crippen LogP) is 3.66. The quantitative estimate of drug-likeness (QED) is 0.851. The Balaban J connectivity index is 1.15. The van der Waals surface area contributed by atoms with Crippen LogP contribution in [-0.4, -0.2) is 27.4 Å². The van der Waals surface area contributed by atoms with Crippen LogP contribution in [0.25, 0.3) is 0 Å². The number of nitrogens with zero attached hydrogens (tertiary/aromatic N) is 3. The summed E-state index contributed by atoms with van der Waals surface area (Å²) in [5.74, 6) is 2.79. The Morgan fingerprint density at radius 1 is 1.07 bits per heavy atom. The fraction of sp³-hybridized carbons (Fsp3) is 0.591. The van der Waals surface area contributed by atoms with Crippen LogP contribution in [0.5, 0.6) is 0 Å². The van der Waals surface area contributed by atoms with E-state index in [4.69, 9.17) is 0 Å². The van der Waals surface area contributed by atoms with Crippen LogP contribution in [0.2, 0.25) is 0 Å². The highest BCUT2D eigenvalue weighted by atomic mass is 16.2. The lowest BCUT2D eigenvalue weighted by Crippen LogP contribution is -2.47. The van der Waals surface area contributed by atoms with Gasteiger partial charge >= 0.3 is 0 Å². The van der Waals surface area contributed by atoms with Crippen molar-refractivity contribution in [3.8, 4) is 0 Å². The summed E-state index contributed by atoms with van der Waals surface area (Å²) in [5.41, 5.74) is 2.07. The van der Waals surface area contributed by atoms with Crippen LogP contribution in [-0.2, 0) is 6.54 Å². The number of carbonyl (C=O) groups excluding carboxylic acids is 1. The number of aromatic nitrogens is 3. The molecule has 5 nitrogen and oxygen atoms in total. The minimum Gasteiger partial charge on any atom is -0.351 e. The highest BCUT2D eigenvalue weighted by molar-refractivity contribution is 5.91. The molecule has 0 atom stereocenters. The van der Waals surface area contributed by atoms with Crippen LogP contribution in [0.3, 0.4) is 0 Å². The first-order valence-electron chi connectivity index (χ1n) is 10.4. The summed E-state index contributed by atoms with van der Waals surface area (Å²) in [7, 11) is 0. The van der Waals surface area contributed by atoms with Crippen LogP contribution in [0.15, 0.2) is 36.5 Å². The number of benzene rings is 1. The topological polar surface area (TPSA) is 59.8 Å². The van der Waals surface area contributed by atoms with Gasteiger partial charge < -0.3 is 5.32 Å². The van der Waals surface area contributed by atoms with E-state index in [-0.39, 0.29) is 5.91 Å². The molecule has 4 fully saturated rings. The normalized spacial score (nSPS) is 31.2. The summed E-state index contributed by atoms with van der Waals surface area (Å²) in [6.45, 7) is 1.39. The van der Waals surface area contributed by atoms with E-state index >= 15 is 0 Å². The molecule has 2 aromatic rings. The Hall–Kier alpha value is -2.17. The molecule has 4 bridgehead atoms. The van der Waals surface area contributed by atoms with Crippen LogP contribution in [0.1, 0.15) is 61.0 Å². The van der Waals surface area contributed by atoms with Crippen molar-refractivity contribution < 1.29 is 4.79 Å². The number of amides is 1. The van der Waals surface area contributed by atoms with Gasteiger partial charge in [0.15, 0.2) is 5.69 Å². The average Bonchev–Trinajstić information content (AvgIpc) is 3.10. The van der Waals surface area contributed by atoms with Gasteiger partial charge in [-0.15, -0.1) is 5.10 Å². The molecule has 0 spiro atoms. The Bertz CT molecular complexity index is 777. The van der Waals surface area contributed by atoms with Gasteiger partial charge in [-0.25, -0.2) is 4.68 Å². The third-order valence-corrected chi connectivity index (χ3v) is 7.06. The molecule has 6 rings (SSSR count). The number of carbonyl (C=O) groups is 1. The Morgan fingerprint density at radius 3 is 2.41 bits per heavy atom. The maximum atomic E-state index is 12.5. The van der Waals surface area contributed by atoms with Crippen LogP contribution < -0.4 is 5.32 Å². The van der Waals surface area contributed by atoms with Gasteiger partial charge in [0.25, 0.3) is 5.91 Å². The molecule has 1 aromatic heterocycles. The molecule has 5 heteroatoms. The lowest BCUT2D eigenvalue weighted by molar-refractivity contribution is -0.0564. The van der Waals surface area contributed by atoms with Crippen molar-refractivity contribution in [3.63, 3.8) is 0 Å². The van der Waals surface area contributed by atoms with Crippen molar-refractivity contribution >= 4 is 5.91 Å². The van der Waals surface area contributed by atoms with Crippen molar-refractivity contribution in [1.82, 2.24) is 20.3 Å². The molecule has 1 amide bonds. The van der Waals surface area contributed by atoms with Gasteiger partial charge in [-0.3, -0.25) is 4.79 Å². The Kier molecular flexibility index (Phi) is 4.25. The first-order valence-corrected chi connectivity index (χ1v) is 10.4. The molecule has 4 aliphatic carbocycles. The van der Waals surface area contributed by atoms with E-state index in [9.17, 15) is 4.79 Å². The standard InChI is InChI=1S/C22H28N4O/c27-21(20-15-26(25-24-20)14-16-4-2-1-3-5-16)23-7-6-22-11-17-8-18(12-22)10-19(9-17)13-22/h1-5,15,17-19H,6-14H2,(H,23,27). The molecule has 0 saturated heterocycles. The van der Waals surface area contributed by atoms with E-state index in [0.717, 1.165) is 36.3 Å². The molecule has 4 saturated carbocycles. The Morgan fingerprint density at radius 2 is 1.74 bits per heavy atom. The van der Waals surface area contributed by atoms with E-state index in [1.807, 2.05) is 30.3 Å². The number of hydrogen-bond acceptors (Lipinski definition) is 3. The van der Waals surface area contributed by atoms with E-state index in [1.165, 1.54) is 38.5 Å². The highest BCUT2D eigenvalue weighted by Crippen LogP contribution is 2.61. The molecule has 27 heavy (non-hydrogen) atoms. The molecule has 0 aliphatic heterocycles. The number of hydrogen-bond donors (Lipinski definition) is 1. The second-order valence-corrected chi connectivity index (χ2v) is 9.21. The minimum absolute atomic E-state index is 0.0981. The maximum absolute atomic E-state index is 12.5. The average molecular weight is 364 g/mol. The van der Waals surface area contributed by atoms with E-state index in [2.05, 4.69) is 15.6 Å². The van der Waals surface area contributed by atoms with Gasteiger partial charge in [-0.05, 0) is 73.7 Å². The van der Waals surface area contributed by atoms with Gasteiger partial charge in [0.05, 0.1) is 12.7 Å². The van der Waals surface area contributed by atoms with E-state index < -0.39 is 0 Å². The summed E-state index contributed by atoms with van der Waals surface area (Å²) < 4.78 is 1.73. The van der Waals surface area contributed by atoms with Gasteiger partial charge in [-0.2, -0.15) is 0 Å². The zero-order valence-electron chi connectivity index (χ0n) is 15.8. The van der Waals surface area contributed by atoms with Crippen LogP contribution in [0, 0.1) is 23.2 Å². The summed E-state index contributed by atoms with van der Waals surface area (Å²) in [6.07, 6.45) is 11.4. The lowest BCUT2D eigenvalue weighted by Gasteiger charge is -2.57. The van der Waals surface area contributed by atoms with Crippen LogP contribution >= 0.6 is 0 Å². The lowest BCUT2D eigenvalue weighted by atomic mass is 9.49. The third-order valence-electron chi connectivity index (χ3n) is 7.06. The molecule has 0 radical (unpaired) electrons. The number of rotatable bonds is 6. The maximum Gasteiger partial charge on any atom is 0.273 e. The summed E-state index contributed by atoms with van der Waals surface area (Å²) >= 11 is 0. The Labute approximate surface area is 160 Å². The molecule has 1 heterocycles. The van der Waals surface area contributed by atoms with Gasteiger partial charge in [0.2, 0.25) is 0 Å². The van der Waals surface area contributed by atoms with Crippen LogP contribution in [0.4, 0.5) is 0 Å². The zero-order chi connectivity index (χ0) is 18.3. The second kappa shape index (κ2) is 6.77. The van der Waals surface area contributed by atoms with Gasteiger partial charge in [-0.1, -0.05) is 35.5 Å². The zero-order valence-corrected chi connectivity index (χ0v) is 15.8. The summed E-state index contributed by atoms with van der Waals surface area (Å²) in [5, 5.41) is 11.3. The molecular weight excluding hydrogens is 336 g/mol. The highest BCUT2D eigenvalue weighted by Gasteiger charge is 2.50. The molecule has 1 aromatic carbocycles. The van der Waals surface area contributed by atoms with Crippen molar-refractivity contribution in [2.75, 3.05) is 6.54 Å². The SMILES string of the molecule is O=C(NCCC12CC3CC(CC(C3)C1)C2)c1cn(Cc2ccccc2)nn1. The minimum atomic E-state index is -0.0981. The predicted molar refractivity (Wildman–Crippen MR) is 103 cm³/mol. The van der Waals surface area contributed by atoms with Crippen molar-refractivity contribution in [2.24, 2.45) is 23.2 Å². The monoisotopic (exact) mass is 364 g/mol. The summed E-state index contributed by atoms with van der Waals surface area (Å²) in [4.78, 5) is 12.5. The van der Waals surface area contributed by atoms with Crippen molar-refractivity contribution in [3.05, 3.63) is 47.8 Å². The summed E-state index contributed by atoms with van der Waals surface area (Å²) in [6, 6.07) is 10.1. The molecular formula is C22H28N4O.